The monoisotopic (exact) mass is 440 g/mol. The molecule has 32 heavy (non-hydrogen) atoms. The minimum Gasteiger partial charge on any atom is -0.353 e. The van der Waals surface area contributed by atoms with Crippen molar-refractivity contribution in [1.82, 2.24) is 15.2 Å². The van der Waals surface area contributed by atoms with Crippen LogP contribution in [0.2, 0.25) is 0 Å². The van der Waals surface area contributed by atoms with Crippen LogP contribution in [0.15, 0.2) is 18.2 Å². The van der Waals surface area contributed by atoms with Crippen molar-refractivity contribution in [3.63, 3.8) is 0 Å². The number of hydrogen-bond donors (Lipinski definition) is 3. The lowest BCUT2D eigenvalue weighted by molar-refractivity contribution is -0.124. The fraction of sp³-hybridized carbons (Fsp3) is 0.391. The number of hydrogen-bond acceptors (Lipinski definition) is 4. The van der Waals surface area contributed by atoms with Gasteiger partial charge in [-0.15, -0.1) is 0 Å². The van der Waals surface area contributed by atoms with Gasteiger partial charge in [0.2, 0.25) is 5.91 Å². The molecule has 8 nitrogen and oxygen atoms in total. The van der Waals surface area contributed by atoms with E-state index < -0.39 is 29.1 Å². The van der Waals surface area contributed by atoms with Crippen LogP contribution in [0, 0.1) is 32.0 Å². The number of halogens is 1. The quantitative estimate of drug-likeness (QED) is 0.487. The van der Waals surface area contributed by atoms with Crippen LogP contribution in [0.25, 0.3) is 0 Å². The normalized spacial score (nSPS) is 18.4. The first-order valence-corrected chi connectivity index (χ1v) is 10.4. The molecular weight excluding hydrogens is 415 g/mol. The van der Waals surface area contributed by atoms with Gasteiger partial charge in [0.1, 0.15) is 5.82 Å². The van der Waals surface area contributed by atoms with Crippen LogP contribution in [0.5, 0.6) is 0 Å². The number of anilines is 1. The third-order valence-electron chi connectivity index (χ3n) is 6.67. The lowest BCUT2D eigenvalue weighted by atomic mass is 9.99. The average molecular weight is 440 g/mol. The molecule has 1 aliphatic carbocycles. The Morgan fingerprint density at radius 3 is 2.50 bits per heavy atom. The first kappa shape index (κ1) is 21.7. The summed E-state index contributed by atoms with van der Waals surface area (Å²) in [6.07, 6.45) is 1.38. The number of ketones is 1. The van der Waals surface area contributed by atoms with Gasteiger partial charge < -0.3 is 20.5 Å². The number of nitrogens with one attached hydrogen (secondary N) is 3. The Kier molecular flexibility index (Phi) is 5.15. The summed E-state index contributed by atoms with van der Waals surface area (Å²) in [6, 6.07) is 3.82. The van der Waals surface area contributed by atoms with Gasteiger partial charge in [-0.05, 0) is 62.9 Å². The van der Waals surface area contributed by atoms with Crippen LogP contribution in [-0.4, -0.2) is 40.7 Å². The largest absolute Gasteiger partial charge is 0.353 e. The van der Waals surface area contributed by atoms with Crippen molar-refractivity contribution < 1.29 is 23.6 Å². The Morgan fingerprint density at radius 1 is 1.19 bits per heavy atom. The van der Waals surface area contributed by atoms with E-state index in [1.165, 1.54) is 22.8 Å². The molecule has 2 heterocycles. The molecule has 0 bridgehead atoms. The maximum absolute atomic E-state index is 13.5. The Hall–Kier alpha value is -3.49. The average Bonchev–Trinajstić information content (AvgIpc) is 3.44. The van der Waals surface area contributed by atoms with E-state index in [1.54, 1.807) is 27.8 Å². The van der Waals surface area contributed by atoms with E-state index in [4.69, 9.17) is 0 Å². The fourth-order valence-corrected chi connectivity index (χ4v) is 4.51. The SMILES string of the molecule is Cc1cc(NC(=O)c2c(C)c(C(=O)C(=O)NC3CNC(=O)C34CC4)n(C)c2C)ccc1F. The number of rotatable bonds is 5. The standard InChI is InChI=1S/C23H25FN4O4/c1-11-9-14(5-6-15(11)24)26-20(30)17-12(2)18(28(4)13(17)3)19(29)21(31)27-16-10-25-22(32)23(16)7-8-23/h5-6,9,16H,7-8,10H2,1-4H3,(H,25,32)(H,26,30)(H,27,31). The molecule has 1 saturated heterocycles. The molecule has 1 aliphatic heterocycles. The van der Waals surface area contributed by atoms with E-state index in [0.29, 0.717) is 41.9 Å². The molecule has 168 valence electrons. The highest BCUT2D eigenvalue weighted by atomic mass is 19.1. The van der Waals surface area contributed by atoms with Gasteiger partial charge >= 0.3 is 0 Å². The molecule has 2 fully saturated rings. The van der Waals surface area contributed by atoms with Crippen molar-refractivity contribution in [3.05, 3.63) is 52.1 Å². The van der Waals surface area contributed by atoms with Gasteiger partial charge in [-0.1, -0.05) is 0 Å². The molecule has 9 heteroatoms. The second kappa shape index (κ2) is 7.58. The summed E-state index contributed by atoms with van der Waals surface area (Å²) in [6.45, 7) is 5.19. The minimum absolute atomic E-state index is 0.0869. The van der Waals surface area contributed by atoms with Crippen LogP contribution in [0.1, 0.15) is 50.5 Å². The van der Waals surface area contributed by atoms with Crippen LogP contribution in [-0.2, 0) is 16.6 Å². The van der Waals surface area contributed by atoms with Crippen molar-refractivity contribution in [2.75, 3.05) is 11.9 Å². The smallest absolute Gasteiger partial charge is 0.294 e. The molecule has 1 aromatic heterocycles. The van der Waals surface area contributed by atoms with Crippen molar-refractivity contribution in [2.24, 2.45) is 12.5 Å². The number of aromatic nitrogens is 1. The molecule has 1 saturated carbocycles. The second-order valence-corrected chi connectivity index (χ2v) is 8.63. The first-order chi connectivity index (χ1) is 15.1. The number of Topliss-reactive ketones (excluding diaryl/α,β-unsaturated/α-hetero) is 1. The maximum Gasteiger partial charge on any atom is 0.294 e. The summed E-state index contributed by atoms with van der Waals surface area (Å²) in [5, 5.41) is 8.17. The van der Waals surface area contributed by atoms with Crippen LogP contribution in [0.3, 0.4) is 0 Å². The number of nitrogens with zero attached hydrogens (tertiary/aromatic N) is 1. The fourth-order valence-electron chi connectivity index (χ4n) is 4.51. The summed E-state index contributed by atoms with van der Waals surface area (Å²) in [5.41, 5.74) is 1.52. The topological polar surface area (TPSA) is 109 Å². The maximum atomic E-state index is 13.5. The minimum atomic E-state index is -0.803. The Bertz CT molecular complexity index is 1180. The number of aryl methyl sites for hydroxylation is 1. The van der Waals surface area contributed by atoms with Gasteiger partial charge in [0.05, 0.1) is 22.7 Å². The van der Waals surface area contributed by atoms with E-state index >= 15 is 0 Å². The van der Waals surface area contributed by atoms with Gasteiger partial charge in [-0.2, -0.15) is 0 Å². The van der Waals surface area contributed by atoms with Crippen molar-refractivity contribution in [3.8, 4) is 0 Å². The zero-order chi connectivity index (χ0) is 23.4. The third kappa shape index (κ3) is 3.37. The third-order valence-corrected chi connectivity index (χ3v) is 6.67. The lowest BCUT2D eigenvalue weighted by Gasteiger charge is -2.17. The van der Waals surface area contributed by atoms with E-state index in [-0.39, 0.29) is 23.0 Å². The van der Waals surface area contributed by atoms with Crippen molar-refractivity contribution >= 4 is 29.2 Å². The first-order valence-electron chi connectivity index (χ1n) is 10.4. The molecule has 3 amide bonds. The summed E-state index contributed by atoms with van der Waals surface area (Å²) in [5.74, 6) is -2.48. The number of carbonyl (C=O) groups is 4. The highest BCUT2D eigenvalue weighted by Crippen LogP contribution is 2.51. The molecule has 1 aromatic carbocycles. The Balaban J connectivity index is 1.56. The van der Waals surface area contributed by atoms with Gasteiger partial charge in [-0.3, -0.25) is 19.2 Å². The second-order valence-electron chi connectivity index (χ2n) is 8.63. The van der Waals surface area contributed by atoms with E-state index in [9.17, 15) is 23.6 Å². The van der Waals surface area contributed by atoms with Gasteiger partial charge in [0.15, 0.2) is 0 Å². The highest BCUT2D eigenvalue weighted by Gasteiger charge is 2.59. The highest BCUT2D eigenvalue weighted by molar-refractivity contribution is 6.43. The molecule has 2 aliphatic rings. The molecular formula is C23H25FN4O4. The lowest BCUT2D eigenvalue weighted by Crippen LogP contribution is -2.45. The molecule has 2 aromatic rings. The van der Waals surface area contributed by atoms with E-state index in [0.717, 1.165) is 0 Å². The zero-order valence-electron chi connectivity index (χ0n) is 18.4. The van der Waals surface area contributed by atoms with E-state index in [1.807, 2.05) is 0 Å². The van der Waals surface area contributed by atoms with Gasteiger partial charge in [-0.25, -0.2) is 4.39 Å². The summed E-state index contributed by atoms with van der Waals surface area (Å²) < 4.78 is 15.0. The van der Waals surface area contributed by atoms with Crippen LogP contribution in [0.4, 0.5) is 10.1 Å². The number of benzene rings is 1. The molecule has 0 radical (unpaired) electrons. The van der Waals surface area contributed by atoms with Gasteiger partial charge in [0, 0.05) is 25.0 Å². The molecule has 1 spiro atoms. The number of carbonyl (C=O) groups excluding carboxylic acids is 4. The van der Waals surface area contributed by atoms with Crippen LogP contribution >= 0.6 is 0 Å². The van der Waals surface area contributed by atoms with Crippen LogP contribution < -0.4 is 16.0 Å². The predicted octanol–water partition coefficient (Wildman–Crippen LogP) is 1.92. The predicted molar refractivity (Wildman–Crippen MR) is 115 cm³/mol. The molecule has 1 atom stereocenters. The molecule has 1 unspecified atom stereocenters. The van der Waals surface area contributed by atoms with Gasteiger partial charge in [0.25, 0.3) is 17.6 Å². The summed E-state index contributed by atoms with van der Waals surface area (Å²) in [4.78, 5) is 50.7. The Morgan fingerprint density at radius 2 is 1.88 bits per heavy atom. The molecule has 4 rings (SSSR count). The van der Waals surface area contributed by atoms with Crippen molar-refractivity contribution in [1.29, 1.82) is 0 Å². The molecule has 3 N–H and O–H groups in total. The zero-order valence-corrected chi connectivity index (χ0v) is 18.4. The number of amides is 3. The van der Waals surface area contributed by atoms with E-state index in [2.05, 4.69) is 16.0 Å². The van der Waals surface area contributed by atoms with Crippen molar-refractivity contribution in [2.45, 2.75) is 39.7 Å². The Labute approximate surface area is 184 Å². The summed E-state index contributed by atoms with van der Waals surface area (Å²) in [7, 11) is 1.62. The summed E-state index contributed by atoms with van der Waals surface area (Å²) >= 11 is 0.